The van der Waals surface area contributed by atoms with Crippen molar-refractivity contribution in [2.45, 2.75) is 45.1 Å². The van der Waals surface area contributed by atoms with E-state index in [0.29, 0.717) is 24.7 Å². The lowest BCUT2D eigenvalue weighted by Crippen LogP contribution is -2.47. The van der Waals surface area contributed by atoms with E-state index in [-0.39, 0.29) is 0 Å². The maximum absolute atomic E-state index is 6.03. The van der Waals surface area contributed by atoms with E-state index in [1.165, 1.54) is 5.56 Å². The molecule has 25 heavy (non-hydrogen) atoms. The molecule has 134 valence electrons. The van der Waals surface area contributed by atoms with Gasteiger partial charge in [0.05, 0.1) is 44.1 Å². The lowest BCUT2D eigenvalue weighted by Gasteiger charge is -2.37. The first kappa shape index (κ1) is 16.8. The van der Waals surface area contributed by atoms with Gasteiger partial charge >= 0.3 is 0 Å². The summed E-state index contributed by atoms with van der Waals surface area (Å²) >= 11 is 0. The zero-order valence-electron chi connectivity index (χ0n) is 14.8. The number of aryl methyl sites for hydroxylation is 1. The van der Waals surface area contributed by atoms with Crippen molar-refractivity contribution in [1.82, 2.24) is 9.88 Å². The van der Waals surface area contributed by atoms with E-state index in [1.54, 1.807) is 6.26 Å². The SMILES string of the molecule is Cc1cccc(COC[C@H]2C[C@@H]3[C@@H](C2)OCCN3Cc2ccoc2)n1. The third-order valence-electron chi connectivity index (χ3n) is 5.26. The van der Waals surface area contributed by atoms with Gasteiger partial charge in [0.1, 0.15) is 0 Å². The molecule has 0 radical (unpaired) electrons. The fourth-order valence-electron chi connectivity index (χ4n) is 4.09. The predicted molar refractivity (Wildman–Crippen MR) is 94.0 cm³/mol. The Bertz CT molecular complexity index is 673. The topological polar surface area (TPSA) is 47.7 Å². The molecule has 1 aliphatic carbocycles. The molecular weight excluding hydrogens is 316 g/mol. The highest BCUT2D eigenvalue weighted by molar-refractivity contribution is 5.09. The summed E-state index contributed by atoms with van der Waals surface area (Å²) in [5.74, 6) is 0.560. The quantitative estimate of drug-likeness (QED) is 0.807. The fourth-order valence-corrected chi connectivity index (χ4v) is 4.09. The second kappa shape index (κ2) is 7.68. The van der Waals surface area contributed by atoms with Crippen molar-refractivity contribution < 1.29 is 13.9 Å². The van der Waals surface area contributed by atoms with Crippen LogP contribution in [0, 0.1) is 12.8 Å². The van der Waals surface area contributed by atoms with Crippen molar-refractivity contribution in [3.63, 3.8) is 0 Å². The van der Waals surface area contributed by atoms with Crippen LogP contribution in [0.4, 0.5) is 0 Å². The van der Waals surface area contributed by atoms with E-state index in [4.69, 9.17) is 13.9 Å². The lowest BCUT2D eigenvalue weighted by atomic mass is 10.1. The zero-order valence-corrected chi connectivity index (χ0v) is 14.8. The molecule has 1 saturated carbocycles. The molecule has 4 rings (SSSR count). The highest BCUT2D eigenvalue weighted by Crippen LogP contribution is 2.35. The molecule has 3 heterocycles. The fraction of sp³-hybridized carbons (Fsp3) is 0.550. The summed E-state index contributed by atoms with van der Waals surface area (Å²) in [7, 11) is 0. The summed E-state index contributed by atoms with van der Waals surface area (Å²) in [6.45, 7) is 6.14. The van der Waals surface area contributed by atoms with Gasteiger partial charge in [0.2, 0.25) is 0 Å². The number of fused-ring (bicyclic) bond motifs is 1. The predicted octanol–water partition coefficient (Wildman–Crippen LogP) is 3.18. The third-order valence-corrected chi connectivity index (χ3v) is 5.26. The van der Waals surface area contributed by atoms with Crippen LogP contribution in [0.5, 0.6) is 0 Å². The van der Waals surface area contributed by atoms with Crippen molar-refractivity contribution in [3.05, 3.63) is 53.7 Å². The average molecular weight is 342 g/mol. The highest BCUT2D eigenvalue weighted by Gasteiger charge is 2.40. The molecule has 2 aliphatic rings. The number of furan rings is 1. The Morgan fingerprint density at radius 2 is 2.24 bits per heavy atom. The lowest BCUT2D eigenvalue weighted by molar-refractivity contribution is -0.0591. The molecule has 2 aromatic rings. The van der Waals surface area contributed by atoms with Gasteiger partial charge in [-0.3, -0.25) is 9.88 Å². The Hall–Kier alpha value is -1.69. The van der Waals surface area contributed by atoms with Crippen molar-refractivity contribution in [3.8, 4) is 0 Å². The number of aromatic nitrogens is 1. The van der Waals surface area contributed by atoms with Crippen molar-refractivity contribution >= 4 is 0 Å². The van der Waals surface area contributed by atoms with Gasteiger partial charge in [-0.05, 0) is 43.9 Å². The van der Waals surface area contributed by atoms with Crippen LogP contribution in [-0.2, 0) is 22.6 Å². The molecule has 3 atom stereocenters. The van der Waals surface area contributed by atoms with Gasteiger partial charge in [-0.2, -0.15) is 0 Å². The second-order valence-electron chi connectivity index (χ2n) is 7.20. The maximum Gasteiger partial charge on any atom is 0.0947 e. The number of hydrogen-bond donors (Lipinski definition) is 0. The van der Waals surface area contributed by atoms with E-state index in [0.717, 1.165) is 50.5 Å². The van der Waals surface area contributed by atoms with Gasteiger partial charge in [0, 0.05) is 30.4 Å². The number of rotatable bonds is 6. The molecule has 0 amide bonds. The Balaban J connectivity index is 1.29. The Labute approximate surface area is 148 Å². The van der Waals surface area contributed by atoms with Crippen molar-refractivity contribution in [2.75, 3.05) is 19.8 Å². The molecule has 0 spiro atoms. The number of hydrogen-bond acceptors (Lipinski definition) is 5. The summed E-state index contributed by atoms with van der Waals surface area (Å²) in [5.41, 5.74) is 3.29. The van der Waals surface area contributed by atoms with E-state index in [1.807, 2.05) is 31.4 Å². The van der Waals surface area contributed by atoms with Crippen LogP contribution in [0.3, 0.4) is 0 Å². The van der Waals surface area contributed by atoms with Gasteiger partial charge in [-0.1, -0.05) is 6.07 Å². The van der Waals surface area contributed by atoms with Gasteiger partial charge in [0.15, 0.2) is 0 Å². The first-order chi connectivity index (χ1) is 12.3. The molecular formula is C20H26N2O3. The standard InChI is InChI=1S/C20H26N2O3/c1-15-3-2-4-18(21-15)14-24-13-17-9-19-20(10-17)25-8-6-22(19)11-16-5-7-23-12-16/h2-5,7,12,17,19-20H,6,8-11,13-14H2,1H3/t17-,19+,20+/m0/s1. The number of morpholine rings is 1. The Morgan fingerprint density at radius 3 is 3.08 bits per heavy atom. The molecule has 0 bridgehead atoms. The summed E-state index contributed by atoms with van der Waals surface area (Å²) in [6.07, 6.45) is 6.16. The normalized spacial score (nSPS) is 26.7. The third kappa shape index (κ3) is 4.11. The number of nitrogens with zero attached hydrogens (tertiary/aromatic N) is 2. The van der Waals surface area contributed by atoms with Crippen molar-refractivity contribution in [1.29, 1.82) is 0 Å². The highest BCUT2D eigenvalue weighted by atomic mass is 16.5. The largest absolute Gasteiger partial charge is 0.472 e. The average Bonchev–Trinajstić information content (AvgIpc) is 3.25. The molecule has 5 nitrogen and oxygen atoms in total. The minimum atomic E-state index is 0.339. The van der Waals surface area contributed by atoms with Crippen LogP contribution in [0.25, 0.3) is 0 Å². The second-order valence-corrected chi connectivity index (χ2v) is 7.20. The van der Waals surface area contributed by atoms with Gasteiger partial charge in [-0.25, -0.2) is 0 Å². The van der Waals surface area contributed by atoms with Gasteiger partial charge < -0.3 is 13.9 Å². The van der Waals surface area contributed by atoms with Crippen molar-refractivity contribution in [2.24, 2.45) is 5.92 Å². The molecule has 1 aliphatic heterocycles. The summed E-state index contributed by atoms with van der Waals surface area (Å²) < 4.78 is 17.2. The Morgan fingerprint density at radius 1 is 1.28 bits per heavy atom. The summed E-state index contributed by atoms with van der Waals surface area (Å²) in [5, 5.41) is 0. The van der Waals surface area contributed by atoms with Gasteiger partial charge in [0.25, 0.3) is 0 Å². The number of pyridine rings is 1. The van der Waals surface area contributed by atoms with Crippen LogP contribution < -0.4 is 0 Å². The van der Waals surface area contributed by atoms with E-state index in [9.17, 15) is 0 Å². The first-order valence-corrected chi connectivity index (χ1v) is 9.15. The van der Waals surface area contributed by atoms with Crippen LogP contribution in [-0.4, -0.2) is 41.8 Å². The smallest absolute Gasteiger partial charge is 0.0947 e. The van der Waals surface area contributed by atoms with E-state index in [2.05, 4.69) is 16.0 Å². The molecule has 0 unspecified atom stereocenters. The number of ether oxygens (including phenoxy) is 2. The minimum Gasteiger partial charge on any atom is -0.472 e. The molecule has 5 heteroatoms. The van der Waals surface area contributed by atoms with Crippen LogP contribution >= 0.6 is 0 Å². The summed E-state index contributed by atoms with van der Waals surface area (Å²) in [4.78, 5) is 7.04. The van der Waals surface area contributed by atoms with E-state index < -0.39 is 0 Å². The van der Waals surface area contributed by atoms with Gasteiger partial charge in [-0.15, -0.1) is 0 Å². The van der Waals surface area contributed by atoms with Crippen LogP contribution in [0.15, 0.2) is 41.2 Å². The molecule has 2 fully saturated rings. The summed E-state index contributed by atoms with van der Waals surface area (Å²) in [6, 6.07) is 8.62. The molecule has 0 N–H and O–H groups in total. The first-order valence-electron chi connectivity index (χ1n) is 9.15. The van der Waals surface area contributed by atoms with Crippen LogP contribution in [0.2, 0.25) is 0 Å². The zero-order chi connectivity index (χ0) is 17.1. The maximum atomic E-state index is 6.03. The monoisotopic (exact) mass is 342 g/mol. The van der Waals surface area contributed by atoms with E-state index >= 15 is 0 Å². The molecule has 0 aromatic carbocycles. The molecule has 1 saturated heterocycles. The Kier molecular flexibility index (Phi) is 5.15. The van der Waals surface area contributed by atoms with Crippen LogP contribution in [0.1, 0.15) is 29.8 Å². The minimum absolute atomic E-state index is 0.339. The molecule has 2 aromatic heterocycles.